The van der Waals surface area contributed by atoms with Crippen molar-refractivity contribution in [1.29, 1.82) is 0 Å². The normalized spacial score (nSPS) is 23.0. The second kappa shape index (κ2) is 10.2. The number of methoxy groups -OCH3 is 1. The van der Waals surface area contributed by atoms with Crippen LogP contribution < -0.4 is 14.8 Å². The minimum Gasteiger partial charge on any atom is -0.493 e. The van der Waals surface area contributed by atoms with Gasteiger partial charge in [-0.05, 0) is 44.4 Å². The number of halogens is 1. The highest BCUT2D eigenvalue weighted by atomic mass is 35.5. The van der Waals surface area contributed by atoms with Crippen LogP contribution in [0.4, 0.5) is 0 Å². The van der Waals surface area contributed by atoms with Gasteiger partial charge in [-0.25, -0.2) is 0 Å². The van der Waals surface area contributed by atoms with Gasteiger partial charge in [0.25, 0.3) is 5.91 Å². The maximum Gasteiger partial charge on any atom is 0.260 e. The van der Waals surface area contributed by atoms with Crippen molar-refractivity contribution < 1.29 is 14.3 Å². The van der Waals surface area contributed by atoms with Crippen LogP contribution in [0.5, 0.6) is 11.5 Å². The molecule has 2 saturated heterocycles. The third kappa shape index (κ3) is 5.74. The van der Waals surface area contributed by atoms with E-state index < -0.39 is 0 Å². The van der Waals surface area contributed by atoms with Crippen molar-refractivity contribution in [1.82, 2.24) is 15.1 Å². The summed E-state index contributed by atoms with van der Waals surface area (Å²) in [5, 5.41) is 3.51. The van der Waals surface area contributed by atoms with Crippen molar-refractivity contribution in [2.24, 2.45) is 0 Å². The molecule has 1 aromatic carbocycles. The Hall–Kier alpha value is -1.50. The van der Waals surface area contributed by atoms with Crippen molar-refractivity contribution >= 4 is 18.3 Å². The molecular weight excluding hydrogens is 366 g/mol. The Morgan fingerprint density at radius 2 is 1.96 bits per heavy atom. The van der Waals surface area contributed by atoms with Gasteiger partial charge in [-0.3, -0.25) is 9.69 Å². The number of nitrogens with zero attached hydrogens (tertiary/aromatic N) is 2. The van der Waals surface area contributed by atoms with Gasteiger partial charge < -0.3 is 19.7 Å². The molecule has 0 aromatic heterocycles. The summed E-state index contributed by atoms with van der Waals surface area (Å²) in [6.45, 7) is 9.16. The summed E-state index contributed by atoms with van der Waals surface area (Å²) >= 11 is 0. The summed E-state index contributed by atoms with van der Waals surface area (Å²) in [4.78, 5) is 16.5. The first-order chi connectivity index (χ1) is 12.6. The number of benzene rings is 1. The van der Waals surface area contributed by atoms with E-state index in [1.807, 2.05) is 17.0 Å². The van der Waals surface area contributed by atoms with Crippen molar-refractivity contribution in [2.75, 3.05) is 39.9 Å². The van der Waals surface area contributed by atoms with Crippen LogP contribution in [0.3, 0.4) is 0 Å². The summed E-state index contributed by atoms with van der Waals surface area (Å²) in [5.41, 5.74) is 1.20. The van der Waals surface area contributed by atoms with Crippen LogP contribution in [0.25, 0.3) is 0 Å². The molecule has 0 bridgehead atoms. The molecular formula is C20H32ClN3O3. The van der Waals surface area contributed by atoms with Gasteiger partial charge in [-0.2, -0.15) is 0 Å². The van der Waals surface area contributed by atoms with E-state index >= 15 is 0 Å². The van der Waals surface area contributed by atoms with Crippen molar-refractivity contribution in [3.05, 3.63) is 23.8 Å². The lowest BCUT2D eigenvalue weighted by Gasteiger charge is -2.37. The molecule has 0 spiro atoms. The predicted octanol–water partition coefficient (Wildman–Crippen LogP) is 2.30. The summed E-state index contributed by atoms with van der Waals surface area (Å²) in [6.07, 6.45) is 2.18. The summed E-state index contributed by atoms with van der Waals surface area (Å²) in [7, 11) is 1.64. The number of likely N-dealkylation sites (tertiary alicyclic amines) is 1. The van der Waals surface area contributed by atoms with Gasteiger partial charge in [0.2, 0.25) is 0 Å². The van der Waals surface area contributed by atoms with Gasteiger partial charge in [0, 0.05) is 44.8 Å². The lowest BCUT2D eigenvalue weighted by molar-refractivity contribution is -0.132. The minimum absolute atomic E-state index is 0. The molecule has 2 unspecified atom stereocenters. The van der Waals surface area contributed by atoms with E-state index in [4.69, 9.17) is 9.47 Å². The Bertz CT molecular complexity index is 622. The molecule has 2 atom stereocenters. The SMILES string of the molecule is COc1cc(CN2CC(C)NCC2C)ccc1OCC(=O)N1CCCC1.Cl. The molecule has 0 radical (unpaired) electrons. The predicted molar refractivity (Wildman–Crippen MR) is 109 cm³/mol. The highest BCUT2D eigenvalue weighted by Crippen LogP contribution is 2.29. The number of hydrogen-bond donors (Lipinski definition) is 1. The molecule has 0 saturated carbocycles. The molecule has 6 nitrogen and oxygen atoms in total. The van der Waals surface area contributed by atoms with Crippen LogP contribution in [0.1, 0.15) is 32.3 Å². The fourth-order valence-corrected chi connectivity index (χ4v) is 3.68. The van der Waals surface area contributed by atoms with E-state index in [-0.39, 0.29) is 24.9 Å². The Balaban J connectivity index is 0.00000261. The van der Waals surface area contributed by atoms with E-state index in [1.54, 1.807) is 7.11 Å². The minimum atomic E-state index is 0. The van der Waals surface area contributed by atoms with Gasteiger partial charge in [-0.15, -0.1) is 12.4 Å². The zero-order chi connectivity index (χ0) is 18.5. The molecule has 2 aliphatic rings. The van der Waals surface area contributed by atoms with Crippen molar-refractivity contribution in [3.63, 3.8) is 0 Å². The molecule has 1 amide bonds. The summed E-state index contributed by atoms with van der Waals surface area (Å²) in [5.74, 6) is 1.37. The summed E-state index contributed by atoms with van der Waals surface area (Å²) in [6, 6.07) is 7.02. The molecule has 1 aromatic rings. The monoisotopic (exact) mass is 397 g/mol. The Labute approximate surface area is 168 Å². The van der Waals surface area contributed by atoms with Crippen LogP contribution in [0.15, 0.2) is 18.2 Å². The number of piperazine rings is 1. The second-order valence-corrected chi connectivity index (χ2v) is 7.45. The fourth-order valence-electron chi connectivity index (χ4n) is 3.68. The van der Waals surface area contributed by atoms with Crippen LogP contribution >= 0.6 is 12.4 Å². The maximum absolute atomic E-state index is 12.2. The molecule has 27 heavy (non-hydrogen) atoms. The van der Waals surface area contributed by atoms with E-state index in [1.165, 1.54) is 5.56 Å². The van der Waals surface area contributed by atoms with Gasteiger partial charge >= 0.3 is 0 Å². The number of rotatable bonds is 6. The van der Waals surface area contributed by atoms with Gasteiger partial charge in [0.15, 0.2) is 18.1 Å². The first-order valence-corrected chi connectivity index (χ1v) is 9.61. The smallest absolute Gasteiger partial charge is 0.260 e. The quantitative estimate of drug-likeness (QED) is 0.798. The Morgan fingerprint density at radius 1 is 1.22 bits per heavy atom. The largest absolute Gasteiger partial charge is 0.493 e. The third-order valence-electron chi connectivity index (χ3n) is 5.32. The fraction of sp³-hybridized carbons (Fsp3) is 0.650. The lowest BCUT2D eigenvalue weighted by atomic mass is 10.1. The third-order valence-corrected chi connectivity index (χ3v) is 5.32. The topological polar surface area (TPSA) is 54.0 Å². The molecule has 1 N–H and O–H groups in total. The molecule has 2 aliphatic heterocycles. The lowest BCUT2D eigenvalue weighted by Crippen LogP contribution is -2.53. The van der Waals surface area contributed by atoms with E-state index in [9.17, 15) is 4.79 Å². The molecule has 7 heteroatoms. The van der Waals surface area contributed by atoms with Gasteiger partial charge in [0.1, 0.15) is 0 Å². The number of carbonyl (C=O) groups is 1. The Kier molecular flexibility index (Phi) is 8.20. The zero-order valence-corrected chi connectivity index (χ0v) is 17.4. The first-order valence-electron chi connectivity index (χ1n) is 9.61. The average molecular weight is 398 g/mol. The number of nitrogens with one attached hydrogen (secondary N) is 1. The van der Waals surface area contributed by atoms with Crippen LogP contribution in [-0.2, 0) is 11.3 Å². The zero-order valence-electron chi connectivity index (χ0n) is 16.6. The number of amides is 1. The van der Waals surface area contributed by atoms with Crippen molar-refractivity contribution in [3.8, 4) is 11.5 Å². The molecule has 0 aliphatic carbocycles. The number of carbonyl (C=O) groups excluding carboxylic acids is 1. The van der Waals surface area contributed by atoms with E-state index in [2.05, 4.69) is 30.1 Å². The average Bonchev–Trinajstić information content (AvgIpc) is 3.18. The van der Waals surface area contributed by atoms with Crippen LogP contribution in [0, 0.1) is 0 Å². The standard InChI is InChI=1S/C20H31N3O3.ClH/c1-15-12-23(16(2)11-21-15)13-17-6-7-18(19(10-17)25-3)26-14-20(24)22-8-4-5-9-22;/h6-7,10,15-16,21H,4-5,8-9,11-14H2,1-3H3;1H. The Morgan fingerprint density at radius 3 is 2.67 bits per heavy atom. The molecule has 3 rings (SSSR count). The van der Waals surface area contributed by atoms with Crippen LogP contribution in [0.2, 0.25) is 0 Å². The number of ether oxygens (including phenoxy) is 2. The van der Waals surface area contributed by atoms with Gasteiger partial charge in [0.05, 0.1) is 7.11 Å². The molecule has 2 heterocycles. The highest BCUT2D eigenvalue weighted by Gasteiger charge is 2.23. The van der Waals surface area contributed by atoms with E-state index in [0.717, 1.165) is 45.6 Å². The summed E-state index contributed by atoms with van der Waals surface area (Å²) < 4.78 is 11.2. The van der Waals surface area contributed by atoms with E-state index in [0.29, 0.717) is 23.6 Å². The van der Waals surface area contributed by atoms with Crippen molar-refractivity contribution in [2.45, 2.75) is 45.3 Å². The highest BCUT2D eigenvalue weighted by molar-refractivity contribution is 5.85. The second-order valence-electron chi connectivity index (χ2n) is 7.45. The maximum atomic E-state index is 12.2. The van der Waals surface area contributed by atoms with Gasteiger partial charge in [-0.1, -0.05) is 6.07 Å². The molecule has 152 valence electrons. The van der Waals surface area contributed by atoms with Crippen LogP contribution in [-0.4, -0.2) is 67.7 Å². The number of hydrogen-bond acceptors (Lipinski definition) is 5. The first kappa shape index (κ1) is 21.8. The molecule has 2 fully saturated rings.